The summed E-state index contributed by atoms with van der Waals surface area (Å²) in [6.45, 7) is 5.97. The lowest BCUT2D eigenvalue weighted by Crippen LogP contribution is -2.29. The van der Waals surface area contributed by atoms with Crippen molar-refractivity contribution in [2.45, 2.75) is 44.2 Å². The molecule has 1 aromatic heterocycles. The van der Waals surface area contributed by atoms with Gasteiger partial charge in [-0.15, -0.1) is 20.8 Å². The Morgan fingerprint density at radius 1 is 1.37 bits per heavy atom. The molecule has 0 spiro atoms. The minimum atomic E-state index is -2.24. The summed E-state index contributed by atoms with van der Waals surface area (Å²) in [7, 11) is -2.24. The van der Waals surface area contributed by atoms with Crippen LogP contribution < -0.4 is 11.2 Å². The maximum Gasteiger partial charge on any atom is 0.697 e. The number of nitrogens with one attached hydrogen (secondary N) is 1. The van der Waals surface area contributed by atoms with E-state index in [1.54, 1.807) is 11.8 Å². The van der Waals surface area contributed by atoms with Gasteiger partial charge in [-0.25, -0.2) is 4.79 Å². The fourth-order valence-electron chi connectivity index (χ4n) is 2.31. The largest absolute Gasteiger partial charge is 0.697 e. The van der Waals surface area contributed by atoms with Crippen LogP contribution in [0.2, 0.25) is 0 Å². The van der Waals surface area contributed by atoms with Crippen LogP contribution in [0.4, 0.5) is 0 Å². The standard InChI is InChI=1S/C16H23N2O6PS2/c1-16(2,3)14(20)26-9-8-23-25(22)24-10-11-4-5-13(27-11)18-7-6-12(19)17-15(18)21/h6-7,11,13H,4-5,8-10H2,1-3H3/p+1/t11-,13+/m0/s1. The number of thioether (sulfide) groups is 2. The van der Waals surface area contributed by atoms with Gasteiger partial charge in [0.2, 0.25) is 0 Å². The number of aromatic nitrogens is 2. The van der Waals surface area contributed by atoms with Gasteiger partial charge in [0.15, 0.2) is 5.12 Å². The molecule has 0 radical (unpaired) electrons. The Morgan fingerprint density at radius 3 is 2.78 bits per heavy atom. The van der Waals surface area contributed by atoms with Crippen LogP contribution in [0.5, 0.6) is 0 Å². The van der Waals surface area contributed by atoms with E-state index in [1.807, 2.05) is 20.8 Å². The van der Waals surface area contributed by atoms with E-state index in [1.165, 1.54) is 16.8 Å². The van der Waals surface area contributed by atoms with E-state index in [0.29, 0.717) is 5.75 Å². The zero-order valence-electron chi connectivity index (χ0n) is 15.5. The number of H-pyrrole nitrogens is 1. The molecule has 3 atom stereocenters. The molecule has 1 aliphatic heterocycles. The summed E-state index contributed by atoms with van der Waals surface area (Å²) in [5.74, 6) is 0.427. The predicted octanol–water partition coefficient (Wildman–Crippen LogP) is 2.93. The zero-order valence-corrected chi connectivity index (χ0v) is 18.0. The predicted molar refractivity (Wildman–Crippen MR) is 107 cm³/mol. The van der Waals surface area contributed by atoms with Crippen molar-refractivity contribution in [2.24, 2.45) is 5.41 Å². The van der Waals surface area contributed by atoms with Gasteiger partial charge in [0, 0.05) is 33.2 Å². The van der Waals surface area contributed by atoms with Crippen molar-refractivity contribution in [3.05, 3.63) is 33.1 Å². The second-order valence-electron chi connectivity index (χ2n) is 7.05. The van der Waals surface area contributed by atoms with Crippen molar-refractivity contribution in [3.8, 4) is 0 Å². The second kappa shape index (κ2) is 10.0. The van der Waals surface area contributed by atoms with E-state index in [2.05, 4.69) is 4.98 Å². The van der Waals surface area contributed by atoms with E-state index in [-0.39, 0.29) is 29.0 Å². The zero-order chi connectivity index (χ0) is 20.0. The molecule has 8 nitrogen and oxygen atoms in total. The smallest absolute Gasteiger partial charge is 0.288 e. The van der Waals surface area contributed by atoms with Crippen molar-refractivity contribution >= 4 is 36.9 Å². The van der Waals surface area contributed by atoms with Crippen LogP contribution in [0, 0.1) is 5.41 Å². The molecule has 1 unspecified atom stereocenters. The van der Waals surface area contributed by atoms with Gasteiger partial charge in [0.05, 0.1) is 5.37 Å². The molecule has 0 aliphatic carbocycles. The molecule has 0 saturated carbocycles. The van der Waals surface area contributed by atoms with Gasteiger partial charge in [-0.05, 0) is 12.8 Å². The van der Waals surface area contributed by atoms with E-state index >= 15 is 0 Å². The van der Waals surface area contributed by atoms with Crippen LogP contribution in [0.1, 0.15) is 39.0 Å². The molecule has 1 N–H and O–H groups in total. The highest BCUT2D eigenvalue weighted by atomic mass is 32.2. The van der Waals surface area contributed by atoms with Gasteiger partial charge in [-0.1, -0.05) is 32.5 Å². The highest BCUT2D eigenvalue weighted by Gasteiger charge is 2.31. The number of carbonyl (C=O) groups is 1. The van der Waals surface area contributed by atoms with Crippen molar-refractivity contribution in [1.29, 1.82) is 0 Å². The maximum absolute atomic E-state index is 11.8. The summed E-state index contributed by atoms with van der Waals surface area (Å²) >= 11 is 2.70. The number of carbonyl (C=O) groups excluding carboxylic acids is 1. The number of nitrogens with zero attached hydrogens (tertiary/aromatic N) is 1. The summed E-state index contributed by atoms with van der Waals surface area (Å²) in [5.41, 5.74) is -1.26. The summed E-state index contributed by atoms with van der Waals surface area (Å²) in [6.07, 6.45) is 3.05. The summed E-state index contributed by atoms with van der Waals surface area (Å²) in [5, 5.41) is 0.0721. The van der Waals surface area contributed by atoms with Gasteiger partial charge in [0.1, 0.15) is 13.2 Å². The summed E-state index contributed by atoms with van der Waals surface area (Å²) in [4.78, 5) is 37.0. The molecule has 11 heteroatoms. The molecular formula is C16H24N2O6PS2+. The van der Waals surface area contributed by atoms with Crippen LogP contribution in [-0.2, 0) is 18.4 Å². The van der Waals surface area contributed by atoms with E-state index in [9.17, 15) is 18.9 Å². The average Bonchev–Trinajstić information content (AvgIpc) is 3.04. The minimum absolute atomic E-state index is 0.0631. The Morgan fingerprint density at radius 2 is 2.11 bits per heavy atom. The molecule has 2 rings (SSSR count). The molecule has 2 heterocycles. The molecule has 0 amide bonds. The first-order chi connectivity index (χ1) is 12.7. The fraction of sp³-hybridized carbons (Fsp3) is 0.688. The van der Waals surface area contributed by atoms with Crippen LogP contribution in [0.25, 0.3) is 0 Å². The van der Waals surface area contributed by atoms with Crippen LogP contribution >= 0.6 is 31.8 Å². The van der Waals surface area contributed by atoms with Gasteiger partial charge in [-0.3, -0.25) is 19.1 Å². The monoisotopic (exact) mass is 435 g/mol. The second-order valence-corrected chi connectivity index (χ2v) is 10.6. The van der Waals surface area contributed by atoms with Gasteiger partial charge < -0.3 is 0 Å². The first-order valence-electron chi connectivity index (χ1n) is 8.54. The van der Waals surface area contributed by atoms with Crippen molar-refractivity contribution < 1.29 is 18.4 Å². The highest BCUT2D eigenvalue weighted by Crippen LogP contribution is 2.41. The lowest BCUT2D eigenvalue weighted by molar-refractivity contribution is -0.117. The normalized spacial score (nSPS) is 20.6. The van der Waals surface area contributed by atoms with Crippen molar-refractivity contribution in [3.63, 3.8) is 0 Å². The third-order valence-electron chi connectivity index (χ3n) is 3.74. The topological polar surface area (TPSA) is 107 Å². The Balaban J connectivity index is 1.67. The molecule has 1 fully saturated rings. The van der Waals surface area contributed by atoms with Crippen LogP contribution in [0.3, 0.4) is 0 Å². The molecule has 0 aromatic carbocycles. The quantitative estimate of drug-likeness (QED) is 0.491. The SMILES string of the molecule is CC(C)(C)C(=O)SCCO[P+](=O)OC[C@@H]1CC[C@H](n2ccc(=O)[nH]c2=O)S1. The van der Waals surface area contributed by atoms with E-state index in [0.717, 1.165) is 24.6 Å². The molecule has 1 saturated heterocycles. The lowest BCUT2D eigenvalue weighted by atomic mass is 10.00. The maximum atomic E-state index is 11.8. The molecule has 27 heavy (non-hydrogen) atoms. The first-order valence-corrected chi connectivity index (χ1v) is 11.6. The number of hydrogen-bond donors (Lipinski definition) is 1. The van der Waals surface area contributed by atoms with Crippen molar-refractivity contribution in [1.82, 2.24) is 9.55 Å². The summed E-state index contributed by atoms with van der Waals surface area (Å²) < 4.78 is 23.7. The van der Waals surface area contributed by atoms with Crippen LogP contribution in [0.15, 0.2) is 21.9 Å². The summed E-state index contributed by atoms with van der Waals surface area (Å²) in [6, 6.07) is 1.32. The van der Waals surface area contributed by atoms with E-state index in [4.69, 9.17) is 9.05 Å². The van der Waals surface area contributed by atoms with Gasteiger partial charge >= 0.3 is 13.9 Å². The van der Waals surface area contributed by atoms with Crippen LogP contribution in [-0.4, -0.2) is 38.9 Å². The van der Waals surface area contributed by atoms with E-state index < -0.39 is 24.9 Å². The third kappa shape index (κ3) is 7.19. The number of rotatable bonds is 8. The Hall–Kier alpha value is -0.930. The number of hydrogen-bond acceptors (Lipinski definition) is 8. The molecule has 150 valence electrons. The van der Waals surface area contributed by atoms with Crippen molar-refractivity contribution in [2.75, 3.05) is 19.0 Å². The highest BCUT2D eigenvalue weighted by molar-refractivity contribution is 8.13. The average molecular weight is 435 g/mol. The minimum Gasteiger partial charge on any atom is -0.288 e. The molecular weight excluding hydrogens is 411 g/mol. The molecule has 1 aliphatic rings. The Bertz CT molecular complexity index is 788. The van der Waals surface area contributed by atoms with Gasteiger partial charge in [-0.2, -0.15) is 0 Å². The molecule has 1 aromatic rings. The Labute approximate surface area is 166 Å². The van der Waals surface area contributed by atoms with Gasteiger partial charge in [0.25, 0.3) is 5.56 Å². The fourth-order valence-corrected chi connectivity index (χ4v) is 5.37. The first kappa shape index (κ1) is 22.4. The third-order valence-corrected chi connectivity index (χ3v) is 7.27. The molecule has 0 bridgehead atoms. The Kier molecular flexibility index (Phi) is 8.30. The number of aromatic amines is 1. The lowest BCUT2D eigenvalue weighted by Gasteiger charge is -2.14.